The number of carboxylic acids is 1. The zero-order chi connectivity index (χ0) is 19.9. The Hall–Kier alpha value is -3.07. The molecule has 1 aromatic heterocycles. The molecule has 0 bridgehead atoms. The first-order chi connectivity index (χ1) is 13.5. The molecule has 148 valence electrons. The average Bonchev–Trinajstić information content (AvgIpc) is 2.70. The average molecular weight is 387 g/mol. The van der Waals surface area contributed by atoms with Gasteiger partial charge in [0.1, 0.15) is 5.82 Å². The molecule has 0 aliphatic carbocycles. The van der Waals surface area contributed by atoms with E-state index in [4.69, 9.17) is 0 Å². The van der Waals surface area contributed by atoms with Crippen LogP contribution in [0.4, 0.5) is 16.0 Å². The van der Waals surface area contributed by atoms with Crippen molar-refractivity contribution in [1.29, 1.82) is 0 Å². The Morgan fingerprint density at radius 3 is 2.36 bits per heavy atom. The van der Waals surface area contributed by atoms with E-state index in [2.05, 4.69) is 15.3 Å². The van der Waals surface area contributed by atoms with Crippen molar-refractivity contribution >= 4 is 23.5 Å². The van der Waals surface area contributed by atoms with Crippen molar-refractivity contribution in [3.63, 3.8) is 0 Å². The summed E-state index contributed by atoms with van der Waals surface area (Å²) in [4.78, 5) is 36.3. The molecule has 1 saturated heterocycles. The number of halogens is 1. The summed E-state index contributed by atoms with van der Waals surface area (Å²) in [7, 11) is 0. The maximum absolute atomic E-state index is 12.9. The van der Waals surface area contributed by atoms with Gasteiger partial charge < -0.3 is 15.3 Å². The maximum Gasteiger partial charge on any atom is 0.308 e. The summed E-state index contributed by atoms with van der Waals surface area (Å²) in [6.07, 6.45) is 3.23. The number of rotatable bonds is 7. The van der Waals surface area contributed by atoms with Crippen LogP contribution in [0, 0.1) is 11.7 Å². The van der Waals surface area contributed by atoms with E-state index in [1.165, 1.54) is 24.3 Å². The molecule has 1 unspecified atom stereocenters. The lowest BCUT2D eigenvalue weighted by molar-refractivity contribution is -0.144. The van der Waals surface area contributed by atoms with Gasteiger partial charge in [0.2, 0.25) is 11.9 Å². The van der Waals surface area contributed by atoms with Crippen LogP contribution in [0.5, 0.6) is 0 Å². The number of benzene rings is 1. The zero-order valence-electron chi connectivity index (χ0n) is 15.3. The number of carbonyl (C=O) groups excluding carboxylic acids is 1. The van der Waals surface area contributed by atoms with Crippen molar-refractivity contribution in [2.24, 2.45) is 5.92 Å². The number of hydrogen-bond donors (Lipinski definition) is 2. The number of nitrogens with zero attached hydrogens (tertiary/aromatic N) is 4. The van der Waals surface area contributed by atoms with Gasteiger partial charge in [-0.05, 0) is 30.3 Å². The number of carbonyl (C=O) groups is 2. The van der Waals surface area contributed by atoms with Crippen molar-refractivity contribution in [2.75, 3.05) is 42.9 Å². The molecule has 1 aliphatic rings. The highest BCUT2D eigenvalue weighted by Crippen LogP contribution is 2.15. The first kappa shape index (κ1) is 19.7. The smallest absolute Gasteiger partial charge is 0.308 e. The van der Waals surface area contributed by atoms with Crippen LogP contribution in [0.3, 0.4) is 0 Å². The minimum absolute atomic E-state index is 0.144. The highest BCUT2D eigenvalue weighted by atomic mass is 19.1. The standard InChI is InChI=1S/C19H22FN5O3/c20-15-2-4-16(5-3-15)23-17(26)12-14(18(27)28)13-24-8-10-25(11-9-24)19-21-6-1-7-22-19/h1-7,14H,8-13H2,(H,23,26)(H,27,28). The molecule has 2 heterocycles. The second kappa shape index (κ2) is 9.23. The molecule has 1 atom stereocenters. The molecule has 2 N–H and O–H groups in total. The Balaban J connectivity index is 1.50. The number of aliphatic carboxylic acids is 1. The van der Waals surface area contributed by atoms with Crippen LogP contribution in [0.2, 0.25) is 0 Å². The van der Waals surface area contributed by atoms with E-state index in [0.717, 1.165) is 0 Å². The molecule has 2 aromatic rings. The van der Waals surface area contributed by atoms with E-state index in [0.29, 0.717) is 37.8 Å². The maximum atomic E-state index is 12.9. The summed E-state index contributed by atoms with van der Waals surface area (Å²) in [5, 5.41) is 12.1. The van der Waals surface area contributed by atoms with E-state index >= 15 is 0 Å². The van der Waals surface area contributed by atoms with Gasteiger partial charge in [-0.2, -0.15) is 0 Å². The number of aromatic nitrogens is 2. The van der Waals surface area contributed by atoms with Gasteiger partial charge in [-0.1, -0.05) is 0 Å². The van der Waals surface area contributed by atoms with Crippen LogP contribution in [-0.4, -0.2) is 64.6 Å². The lowest BCUT2D eigenvalue weighted by atomic mass is 10.0. The number of amides is 1. The number of nitrogens with one attached hydrogen (secondary N) is 1. The van der Waals surface area contributed by atoms with E-state index in [9.17, 15) is 19.1 Å². The van der Waals surface area contributed by atoms with Crippen LogP contribution in [-0.2, 0) is 9.59 Å². The summed E-state index contributed by atoms with van der Waals surface area (Å²) in [6, 6.07) is 7.11. The second-order valence-electron chi connectivity index (χ2n) is 6.63. The van der Waals surface area contributed by atoms with Gasteiger partial charge in [0, 0.05) is 57.2 Å². The Kier molecular flexibility index (Phi) is 6.49. The van der Waals surface area contributed by atoms with E-state index < -0.39 is 23.6 Å². The molecule has 0 saturated carbocycles. The first-order valence-electron chi connectivity index (χ1n) is 9.04. The summed E-state index contributed by atoms with van der Waals surface area (Å²) in [5.41, 5.74) is 0.437. The Morgan fingerprint density at radius 2 is 1.75 bits per heavy atom. The SMILES string of the molecule is O=C(CC(CN1CCN(c2ncccn2)CC1)C(=O)O)Nc1ccc(F)cc1. The molecule has 1 fully saturated rings. The largest absolute Gasteiger partial charge is 0.481 e. The lowest BCUT2D eigenvalue weighted by Crippen LogP contribution is -2.49. The van der Waals surface area contributed by atoms with Crippen LogP contribution < -0.4 is 10.2 Å². The van der Waals surface area contributed by atoms with Crippen molar-refractivity contribution in [3.05, 3.63) is 48.5 Å². The van der Waals surface area contributed by atoms with Crippen LogP contribution in [0.25, 0.3) is 0 Å². The fraction of sp³-hybridized carbons (Fsp3) is 0.368. The van der Waals surface area contributed by atoms with Crippen molar-refractivity contribution in [3.8, 4) is 0 Å². The zero-order valence-corrected chi connectivity index (χ0v) is 15.3. The molecular formula is C19H22FN5O3. The highest BCUT2D eigenvalue weighted by molar-refractivity contribution is 5.93. The number of hydrogen-bond acceptors (Lipinski definition) is 6. The molecule has 28 heavy (non-hydrogen) atoms. The minimum Gasteiger partial charge on any atom is -0.481 e. The third-order valence-electron chi connectivity index (χ3n) is 4.59. The molecule has 1 aromatic carbocycles. The van der Waals surface area contributed by atoms with Crippen LogP contribution >= 0.6 is 0 Å². The third kappa shape index (κ3) is 5.46. The Labute approximate surface area is 162 Å². The van der Waals surface area contributed by atoms with Gasteiger partial charge in [0.25, 0.3) is 0 Å². The Morgan fingerprint density at radius 1 is 1.11 bits per heavy atom. The van der Waals surface area contributed by atoms with Gasteiger partial charge in [0.15, 0.2) is 0 Å². The van der Waals surface area contributed by atoms with Crippen molar-refractivity contribution < 1.29 is 19.1 Å². The lowest BCUT2D eigenvalue weighted by Gasteiger charge is -2.35. The van der Waals surface area contributed by atoms with Gasteiger partial charge in [-0.3, -0.25) is 14.5 Å². The molecule has 9 heteroatoms. The van der Waals surface area contributed by atoms with Crippen molar-refractivity contribution in [1.82, 2.24) is 14.9 Å². The van der Waals surface area contributed by atoms with E-state index in [1.54, 1.807) is 18.5 Å². The minimum atomic E-state index is -1.01. The Bertz CT molecular complexity index is 795. The number of anilines is 2. The summed E-state index contributed by atoms with van der Waals surface area (Å²) in [5.74, 6) is -1.98. The van der Waals surface area contributed by atoms with Gasteiger partial charge in [-0.25, -0.2) is 14.4 Å². The fourth-order valence-corrected chi connectivity index (χ4v) is 3.10. The molecule has 1 aliphatic heterocycles. The van der Waals surface area contributed by atoms with Gasteiger partial charge >= 0.3 is 5.97 Å². The monoisotopic (exact) mass is 387 g/mol. The normalized spacial score (nSPS) is 15.8. The third-order valence-corrected chi connectivity index (χ3v) is 4.59. The van der Waals surface area contributed by atoms with Crippen molar-refractivity contribution in [2.45, 2.75) is 6.42 Å². The molecule has 0 spiro atoms. The second-order valence-corrected chi connectivity index (χ2v) is 6.63. The predicted molar refractivity (Wildman–Crippen MR) is 101 cm³/mol. The van der Waals surface area contributed by atoms with Crippen LogP contribution in [0.15, 0.2) is 42.7 Å². The molecule has 8 nitrogen and oxygen atoms in total. The molecular weight excluding hydrogens is 365 g/mol. The number of carboxylic acid groups (broad SMARTS) is 1. The van der Waals surface area contributed by atoms with Gasteiger partial charge in [-0.15, -0.1) is 0 Å². The highest BCUT2D eigenvalue weighted by Gasteiger charge is 2.27. The number of piperazine rings is 1. The van der Waals surface area contributed by atoms with Crippen LogP contribution in [0.1, 0.15) is 6.42 Å². The predicted octanol–water partition coefficient (Wildman–Crippen LogP) is 1.47. The summed E-state index contributed by atoms with van der Waals surface area (Å²) in [6.45, 7) is 3.01. The fourth-order valence-electron chi connectivity index (χ4n) is 3.10. The molecule has 0 radical (unpaired) electrons. The molecule has 3 rings (SSSR count). The first-order valence-corrected chi connectivity index (χ1v) is 9.04. The molecule has 1 amide bonds. The van der Waals surface area contributed by atoms with E-state index in [1.807, 2.05) is 9.80 Å². The quantitative estimate of drug-likeness (QED) is 0.742. The summed E-state index contributed by atoms with van der Waals surface area (Å²) >= 11 is 0. The summed E-state index contributed by atoms with van der Waals surface area (Å²) < 4.78 is 12.9. The van der Waals surface area contributed by atoms with Gasteiger partial charge in [0.05, 0.1) is 5.92 Å². The topological polar surface area (TPSA) is 98.7 Å². The van der Waals surface area contributed by atoms with E-state index in [-0.39, 0.29) is 13.0 Å².